The second kappa shape index (κ2) is 11.3. The molecule has 0 aliphatic carbocycles. The first-order chi connectivity index (χ1) is 16.6. The van der Waals surface area contributed by atoms with E-state index in [1.807, 2.05) is 48.5 Å². The average Bonchev–Trinajstić information content (AvgIpc) is 3.22. The number of aromatic nitrogens is 2. The number of urea groups is 1. The van der Waals surface area contributed by atoms with E-state index < -0.39 is 0 Å². The quantitative estimate of drug-likeness (QED) is 0.336. The number of nitrogens with one attached hydrogen (secondary N) is 3. The van der Waals surface area contributed by atoms with Gasteiger partial charge < -0.3 is 10.6 Å². The highest BCUT2D eigenvalue weighted by atomic mass is 16.2. The molecule has 3 N–H and O–H groups in total. The molecule has 0 aliphatic rings. The van der Waals surface area contributed by atoms with E-state index >= 15 is 0 Å². The Morgan fingerprint density at radius 1 is 1.09 bits per heavy atom. The maximum atomic E-state index is 13.0. The van der Waals surface area contributed by atoms with Crippen molar-refractivity contribution in [2.45, 2.75) is 60.3 Å². The first kappa shape index (κ1) is 26.1. The molecule has 0 fully saturated rings. The van der Waals surface area contributed by atoms with Crippen molar-refractivity contribution in [3.8, 4) is 5.69 Å². The highest BCUT2D eigenvalue weighted by molar-refractivity contribution is 5.99. The van der Waals surface area contributed by atoms with Gasteiger partial charge in [0.05, 0.1) is 11.4 Å². The Kier molecular flexibility index (Phi) is 8.39. The summed E-state index contributed by atoms with van der Waals surface area (Å²) in [6.45, 7) is 15.8. The minimum atomic E-state index is -0.299. The lowest BCUT2D eigenvalue weighted by atomic mass is 9.92. The van der Waals surface area contributed by atoms with E-state index in [1.54, 1.807) is 4.68 Å². The molecule has 6 nitrogen and oxygen atoms in total. The van der Waals surface area contributed by atoms with Gasteiger partial charge in [0.15, 0.2) is 0 Å². The Morgan fingerprint density at radius 3 is 2.46 bits per heavy atom. The van der Waals surface area contributed by atoms with Crippen LogP contribution in [0.15, 0.2) is 66.4 Å². The number of allylic oxidation sites excluding steroid dienone is 1. The first-order valence-electron chi connectivity index (χ1n) is 12.3. The van der Waals surface area contributed by atoms with Crippen molar-refractivity contribution in [3.05, 3.63) is 83.2 Å². The lowest BCUT2D eigenvalue weighted by Gasteiger charge is -2.14. The van der Waals surface area contributed by atoms with Crippen LogP contribution in [0.3, 0.4) is 0 Å². The second-order valence-electron chi connectivity index (χ2n) is 10.2. The molecule has 0 bridgehead atoms. The number of anilines is 2. The van der Waals surface area contributed by atoms with Crippen LogP contribution in [0.25, 0.3) is 5.69 Å². The molecule has 3 aromatic rings. The summed E-state index contributed by atoms with van der Waals surface area (Å²) >= 11 is 0. The molecule has 3 rings (SSSR count). The van der Waals surface area contributed by atoms with Crippen LogP contribution in [-0.4, -0.2) is 22.4 Å². The molecular weight excluding hydrogens is 434 g/mol. The fourth-order valence-electron chi connectivity index (χ4n) is 3.69. The summed E-state index contributed by atoms with van der Waals surface area (Å²) in [6.07, 6.45) is 2.99. The molecule has 1 atom stereocenters. The van der Waals surface area contributed by atoms with Gasteiger partial charge in [-0.3, -0.25) is 5.32 Å². The smallest absolute Gasteiger partial charge is 0.324 e. The molecule has 35 heavy (non-hydrogen) atoms. The predicted octanol–water partition coefficient (Wildman–Crippen LogP) is 6.81. The fraction of sp³-hybridized carbons (Fsp3) is 0.379. The number of carbonyl (C=O) groups excluding carboxylic acids is 1. The summed E-state index contributed by atoms with van der Waals surface area (Å²) in [4.78, 5) is 13.0. The second-order valence-corrected chi connectivity index (χ2v) is 10.2. The Hall–Kier alpha value is -3.54. The predicted molar refractivity (Wildman–Crippen MR) is 146 cm³/mol. The van der Waals surface area contributed by atoms with E-state index in [0.717, 1.165) is 30.0 Å². The van der Waals surface area contributed by atoms with Gasteiger partial charge in [0, 0.05) is 23.7 Å². The van der Waals surface area contributed by atoms with Gasteiger partial charge in [0.2, 0.25) is 0 Å². The summed E-state index contributed by atoms with van der Waals surface area (Å²) in [5, 5.41) is 14.0. The molecule has 0 aliphatic heterocycles. The van der Waals surface area contributed by atoms with Crippen molar-refractivity contribution in [3.63, 3.8) is 0 Å². The third kappa shape index (κ3) is 7.22. The Labute approximate surface area is 209 Å². The van der Waals surface area contributed by atoms with Gasteiger partial charge in [-0.1, -0.05) is 63.1 Å². The third-order valence-electron chi connectivity index (χ3n) is 6.04. The molecule has 0 radical (unpaired) electrons. The SMILES string of the molecule is CCN/C=C(/C)C(C)Cc1cccc(NC(=O)Nc2cc(C(C)(C)C)nn2-c2ccc(C)cc2)c1. The number of rotatable bonds is 8. The minimum absolute atomic E-state index is 0.146. The number of hydrogen-bond donors (Lipinski definition) is 3. The molecule has 1 heterocycles. The average molecular weight is 474 g/mol. The van der Waals surface area contributed by atoms with Gasteiger partial charge >= 0.3 is 6.03 Å². The zero-order valence-corrected chi connectivity index (χ0v) is 22.1. The number of amides is 2. The standard InChI is InChI=1S/C29H39N5O/c1-8-30-19-22(4)21(3)16-23-10-9-11-24(17-23)31-28(35)32-27-18-26(29(5,6)7)33-34(27)25-14-12-20(2)13-15-25/h9-15,17-19,21,30H,8,16H2,1-7H3,(H2,31,32,35)/b22-19-. The van der Waals surface area contributed by atoms with Crippen LogP contribution in [0, 0.1) is 12.8 Å². The summed E-state index contributed by atoms with van der Waals surface area (Å²) < 4.78 is 1.79. The number of aryl methyl sites for hydroxylation is 1. The third-order valence-corrected chi connectivity index (χ3v) is 6.04. The highest BCUT2D eigenvalue weighted by Gasteiger charge is 2.21. The highest BCUT2D eigenvalue weighted by Crippen LogP contribution is 2.27. The topological polar surface area (TPSA) is 71.0 Å². The Morgan fingerprint density at radius 2 is 1.80 bits per heavy atom. The molecule has 1 unspecified atom stereocenters. The summed E-state index contributed by atoms with van der Waals surface area (Å²) in [5.41, 5.74) is 6.08. The summed E-state index contributed by atoms with van der Waals surface area (Å²) in [7, 11) is 0. The van der Waals surface area contributed by atoms with Gasteiger partial charge in [-0.15, -0.1) is 0 Å². The molecule has 2 amide bonds. The summed E-state index contributed by atoms with van der Waals surface area (Å²) in [6, 6.07) is 17.8. The van der Waals surface area contributed by atoms with Crippen molar-refractivity contribution in [1.29, 1.82) is 0 Å². The number of carbonyl (C=O) groups is 1. The Balaban J connectivity index is 1.76. The maximum absolute atomic E-state index is 13.0. The van der Waals surface area contributed by atoms with Crippen LogP contribution in [0.1, 0.15) is 58.4 Å². The van der Waals surface area contributed by atoms with Crippen molar-refractivity contribution in [1.82, 2.24) is 15.1 Å². The van der Waals surface area contributed by atoms with Crippen LogP contribution >= 0.6 is 0 Å². The van der Waals surface area contributed by atoms with Gasteiger partial charge in [0.25, 0.3) is 0 Å². The molecule has 1 aromatic heterocycles. The zero-order valence-electron chi connectivity index (χ0n) is 22.1. The van der Waals surface area contributed by atoms with Gasteiger partial charge in [0.1, 0.15) is 5.82 Å². The van der Waals surface area contributed by atoms with Crippen molar-refractivity contribution < 1.29 is 4.79 Å². The number of nitrogens with zero attached hydrogens (tertiary/aromatic N) is 2. The van der Waals surface area contributed by atoms with E-state index in [2.05, 4.69) is 76.7 Å². The van der Waals surface area contributed by atoms with E-state index in [0.29, 0.717) is 11.7 Å². The fourth-order valence-corrected chi connectivity index (χ4v) is 3.69. The summed E-state index contributed by atoms with van der Waals surface area (Å²) in [5.74, 6) is 1.03. The number of benzene rings is 2. The lowest BCUT2D eigenvalue weighted by Crippen LogP contribution is -2.21. The maximum Gasteiger partial charge on any atom is 0.324 e. The molecule has 0 saturated carbocycles. The van der Waals surface area contributed by atoms with E-state index in [1.165, 1.54) is 16.7 Å². The Bertz CT molecular complexity index is 1170. The zero-order chi connectivity index (χ0) is 25.6. The van der Waals surface area contributed by atoms with Crippen LogP contribution in [0.5, 0.6) is 0 Å². The van der Waals surface area contributed by atoms with Crippen LogP contribution in [0.2, 0.25) is 0 Å². The molecule has 6 heteroatoms. The van der Waals surface area contributed by atoms with Crippen molar-refractivity contribution in [2.24, 2.45) is 5.92 Å². The molecule has 2 aromatic carbocycles. The van der Waals surface area contributed by atoms with Gasteiger partial charge in [-0.25, -0.2) is 9.48 Å². The van der Waals surface area contributed by atoms with Crippen LogP contribution in [-0.2, 0) is 11.8 Å². The van der Waals surface area contributed by atoms with E-state index in [-0.39, 0.29) is 11.4 Å². The molecule has 0 spiro atoms. The molecule has 0 saturated heterocycles. The normalized spacial score (nSPS) is 12.8. The van der Waals surface area contributed by atoms with Crippen molar-refractivity contribution in [2.75, 3.05) is 17.2 Å². The lowest BCUT2D eigenvalue weighted by molar-refractivity contribution is 0.262. The van der Waals surface area contributed by atoms with Crippen molar-refractivity contribution >= 4 is 17.5 Å². The van der Waals surface area contributed by atoms with Gasteiger partial charge in [-0.2, -0.15) is 5.10 Å². The van der Waals surface area contributed by atoms with E-state index in [9.17, 15) is 4.79 Å². The molecule has 186 valence electrons. The van der Waals surface area contributed by atoms with Gasteiger partial charge in [-0.05, 0) is 69.1 Å². The van der Waals surface area contributed by atoms with E-state index in [4.69, 9.17) is 5.10 Å². The van der Waals surface area contributed by atoms with Crippen LogP contribution < -0.4 is 16.0 Å². The largest absolute Gasteiger partial charge is 0.391 e. The minimum Gasteiger partial charge on any atom is -0.391 e. The number of hydrogen-bond acceptors (Lipinski definition) is 3. The molecular formula is C29H39N5O. The first-order valence-corrected chi connectivity index (χ1v) is 12.3. The monoisotopic (exact) mass is 473 g/mol. The van der Waals surface area contributed by atoms with Crippen LogP contribution in [0.4, 0.5) is 16.3 Å².